The molecule has 0 bridgehead atoms. The Morgan fingerprint density at radius 3 is 2.31 bits per heavy atom. The van der Waals surface area contributed by atoms with Gasteiger partial charge in [-0.2, -0.15) is 12.6 Å². The van der Waals surface area contributed by atoms with E-state index < -0.39 is 0 Å². The lowest BCUT2D eigenvalue weighted by Crippen LogP contribution is -2.33. The first-order valence-corrected chi connectivity index (χ1v) is 4.68. The summed E-state index contributed by atoms with van der Waals surface area (Å²) in [7, 11) is 0. The summed E-state index contributed by atoms with van der Waals surface area (Å²) < 4.78 is 0. The van der Waals surface area contributed by atoms with E-state index in [1.54, 1.807) is 0 Å². The van der Waals surface area contributed by atoms with Crippen molar-refractivity contribution in [1.29, 1.82) is 0 Å². The van der Waals surface area contributed by atoms with Crippen molar-refractivity contribution in [3.63, 3.8) is 0 Å². The molecule has 5 nitrogen and oxygen atoms in total. The Balaban J connectivity index is 3.33. The third-order valence-electron chi connectivity index (χ3n) is 1.31. The fourth-order valence-corrected chi connectivity index (χ4v) is 0.911. The maximum atomic E-state index is 10.9. The Bertz CT molecular complexity index is 157. The molecule has 0 aromatic carbocycles. The number of amides is 2. The lowest BCUT2D eigenvalue weighted by molar-refractivity contribution is -0.122. The molecule has 76 valence electrons. The highest BCUT2D eigenvalue weighted by molar-refractivity contribution is 7.80. The summed E-state index contributed by atoms with van der Waals surface area (Å²) in [6.07, 6.45) is 0.636. The van der Waals surface area contributed by atoms with Gasteiger partial charge in [0.25, 0.3) is 0 Å². The second-order valence-corrected chi connectivity index (χ2v) is 2.82. The van der Waals surface area contributed by atoms with E-state index in [2.05, 4.69) is 23.3 Å². The molecule has 0 aromatic heterocycles. The van der Waals surface area contributed by atoms with Gasteiger partial charge >= 0.3 is 0 Å². The van der Waals surface area contributed by atoms with E-state index in [1.807, 2.05) is 0 Å². The maximum absolute atomic E-state index is 10.9. The molecular weight excluding hydrogens is 190 g/mol. The smallest absolute Gasteiger partial charge is 0.222 e. The van der Waals surface area contributed by atoms with E-state index in [-0.39, 0.29) is 24.9 Å². The molecule has 2 amide bonds. The highest BCUT2D eigenvalue weighted by Gasteiger charge is 2.01. The molecule has 0 aliphatic rings. The highest BCUT2D eigenvalue weighted by Crippen LogP contribution is 1.84. The molecule has 0 saturated heterocycles. The minimum atomic E-state index is -0.159. The van der Waals surface area contributed by atoms with Crippen LogP contribution in [-0.2, 0) is 9.59 Å². The molecule has 6 heteroatoms. The van der Waals surface area contributed by atoms with E-state index >= 15 is 0 Å². The molecule has 0 rings (SSSR count). The second-order valence-electron chi connectivity index (χ2n) is 2.38. The van der Waals surface area contributed by atoms with Crippen molar-refractivity contribution in [2.24, 2.45) is 5.73 Å². The van der Waals surface area contributed by atoms with Crippen LogP contribution >= 0.6 is 12.6 Å². The molecule has 4 N–H and O–H groups in total. The first-order chi connectivity index (χ1) is 6.20. The lowest BCUT2D eigenvalue weighted by Gasteiger charge is -2.03. The number of carbonyl (C=O) groups is 2. The average Bonchev–Trinajstić information content (AvgIpc) is 2.05. The summed E-state index contributed by atoms with van der Waals surface area (Å²) in [4.78, 5) is 21.7. The van der Waals surface area contributed by atoms with Gasteiger partial charge in [0.1, 0.15) is 0 Å². The highest BCUT2D eigenvalue weighted by atomic mass is 32.1. The van der Waals surface area contributed by atoms with Crippen LogP contribution in [0.2, 0.25) is 0 Å². The Labute approximate surface area is 82.8 Å². The Morgan fingerprint density at radius 2 is 1.77 bits per heavy atom. The maximum Gasteiger partial charge on any atom is 0.222 e. The number of carbonyl (C=O) groups excluding carboxylic acids is 2. The molecule has 0 aliphatic carbocycles. The van der Waals surface area contributed by atoms with E-state index in [0.717, 1.165) is 0 Å². The fraction of sp³-hybridized carbons (Fsp3) is 0.714. The van der Waals surface area contributed by atoms with Gasteiger partial charge in [0.2, 0.25) is 11.8 Å². The summed E-state index contributed by atoms with van der Waals surface area (Å²) >= 11 is 3.90. The van der Waals surface area contributed by atoms with Gasteiger partial charge in [0, 0.05) is 19.4 Å². The molecule has 0 atom stereocenters. The first kappa shape index (κ1) is 12.2. The Kier molecular flexibility index (Phi) is 7.42. The minimum absolute atomic E-state index is 0.0875. The zero-order valence-electron chi connectivity index (χ0n) is 7.38. The van der Waals surface area contributed by atoms with Gasteiger partial charge < -0.3 is 16.4 Å². The molecule has 0 unspecified atom stereocenters. The molecule has 0 radical (unpaired) electrons. The van der Waals surface area contributed by atoms with Crippen LogP contribution in [0.5, 0.6) is 0 Å². The van der Waals surface area contributed by atoms with Crippen molar-refractivity contribution in [3.8, 4) is 0 Å². The summed E-state index contributed by atoms with van der Waals surface area (Å²) in [5.74, 6) is 0.269. The summed E-state index contributed by atoms with van der Waals surface area (Å²) in [6, 6.07) is 0. The van der Waals surface area contributed by atoms with Crippen molar-refractivity contribution < 1.29 is 9.59 Å². The third kappa shape index (κ3) is 7.61. The fourth-order valence-electron chi connectivity index (χ4n) is 0.708. The van der Waals surface area contributed by atoms with Crippen LogP contribution in [0, 0.1) is 0 Å². The SMILES string of the molecule is NCNC(=O)CCNC(=O)CCS. The van der Waals surface area contributed by atoms with Gasteiger partial charge in [-0.25, -0.2) is 0 Å². The van der Waals surface area contributed by atoms with Gasteiger partial charge in [0.15, 0.2) is 0 Å². The summed E-state index contributed by atoms with van der Waals surface area (Å²) in [5.41, 5.74) is 5.08. The second kappa shape index (κ2) is 7.88. The number of hydrogen-bond acceptors (Lipinski definition) is 4. The zero-order chi connectivity index (χ0) is 10.1. The molecule has 0 saturated carbocycles. The molecule has 0 spiro atoms. The third-order valence-corrected chi connectivity index (χ3v) is 1.54. The zero-order valence-corrected chi connectivity index (χ0v) is 8.27. The van der Waals surface area contributed by atoms with Crippen LogP contribution in [0.25, 0.3) is 0 Å². The minimum Gasteiger partial charge on any atom is -0.356 e. The first-order valence-electron chi connectivity index (χ1n) is 4.05. The van der Waals surface area contributed by atoms with Crippen LogP contribution in [0.15, 0.2) is 0 Å². The van der Waals surface area contributed by atoms with Gasteiger partial charge in [-0.15, -0.1) is 0 Å². The summed E-state index contributed by atoms with van der Waals surface area (Å²) in [6.45, 7) is 0.474. The van der Waals surface area contributed by atoms with Gasteiger partial charge in [-0.1, -0.05) is 0 Å². The quantitative estimate of drug-likeness (QED) is 0.326. The van der Waals surface area contributed by atoms with Gasteiger partial charge in [-0.05, 0) is 5.75 Å². The summed E-state index contributed by atoms with van der Waals surface area (Å²) in [5, 5.41) is 5.01. The molecular formula is C7H15N3O2S. The number of hydrogen-bond donors (Lipinski definition) is 4. The van der Waals surface area contributed by atoms with Crippen molar-refractivity contribution in [2.45, 2.75) is 12.8 Å². The van der Waals surface area contributed by atoms with Gasteiger partial charge in [-0.3, -0.25) is 9.59 Å². The number of thiol groups is 1. The number of nitrogens with two attached hydrogens (primary N) is 1. The number of nitrogens with one attached hydrogen (secondary N) is 2. The normalized spacial score (nSPS) is 9.38. The standard InChI is InChI=1S/C7H15N3O2S/c8-5-10-6(11)1-3-9-7(12)2-4-13/h13H,1-5,8H2,(H,9,12)(H,10,11). The van der Waals surface area contributed by atoms with E-state index in [4.69, 9.17) is 5.73 Å². The monoisotopic (exact) mass is 205 g/mol. The largest absolute Gasteiger partial charge is 0.356 e. The predicted octanol–water partition coefficient (Wildman–Crippen LogP) is -1.16. The van der Waals surface area contributed by atoms with Crippen LogP contribution in [0.1, 0.15) is 12.8 Å². The average molecular weight is 205 g/mol. The van der Waals surface area contributed by atoms with Crippen LogP contribution in [0.4, 0.5) is 0 Å². The van der Waals surface area contributed by atoms with Crippen molar-refractivity contribution in [2.75, 3.05) is 19.0 Å². The predicted molar refractivity (Wildman–Crippen MR) is 53.3 cm³/mol. The molecule has 0 aromatic rings. The van der Waals surface area contributed by atoms with Crippen LogP contribution < -0.4 is 16.4 Å². The lowest BCUT2D eigenvalue weighted by atomic mass is 10.3. The Hall–Kier alpha value is -0.750. The molecule has 13 heavy (non-hydrogen) atoms. The van der Waals surface area contributed by atoms with E-state index in [0.29, 0.717) is 18.7 Å². The van der Waals surface area contributed by atoms with Crippen LogP contribution in [0.3, 0.4) is 0 Å². The molecule has 0 heterocycles. The molecule has 0 fully saturated rings. The van der Waals surface area contributed by atoms with Crippen molar-refractivity contribution >= 4 is 24.4 Å². The van der Waals surface area contributed by atoms with E-state index in [9.17, 15) is 9.59 Å². The van der Waals surface area contributed by atoms with E-state index in [1.165, 1.54) is 0 Å². The van der Waals surface area contributed by atoms with Crippen molar-refractivity contribution in [3.05, 3.63) is 0 Å². The Morgan fingerprint density at radius 1 is 1.15 bits per heavy atom. The number of rotatable bonds is 6. The topological polar surface area (TPSA) is 84.2 Å². The van der Waals surface area contributed by atoms with Crippen LogP contribution in [-0.4, -0.2) is 30.8 Å². The van der Waals surface area contributed by atoms with Crippen molar-refractivity contribution in [1.82, 2.24) is 10.6 Å². The van der Waals surface area contributed by atoms with Gasteiger partial charge in [0.05, 0.1) is 6.67 Å². The molecule has 0 aliphatic heterocycles.